The molecule has 3 heteroatoms. The molecular formula is C24H26N2O. The van der Waals surface area contributed by atoms with Crippen molar-refractivity contribution in [1.82, 2.24) is 5.43 Å². The topological polar surface area (TPSA) is 41.5 Å². The molecule has 2 aromatic rings. The zero-order valence-electron chi connectivity index (χ0n) is 16.0. The smallest absolute Gasteiger partial charge is 0.252 e. The number of nitrogens with zero attached hydrogens (tertiary/aromatic N) is 1. The summed E-state index contributed by atoms with van der Waals surface area (Å²) in [5.74, 6) is -0.116. The zero-order valence-corrected chi connectivity index (χ0v) is 16.0. The third-order valence-corrected chi connectivity index (χ3v) is 5.13. The Hall–Kier alpha value is -2.94. The minimum absolute atomic E-state index is 0.120. The van der Waals surface area contributed by atoms with Crippen LogP contribution < -0.4 is 5.43 Å². The van der Waals surface area contributed by atoms with Crippen molar-refractivity contribution in [1.29, 1.82) is 0 Å². The molecule has 0 fully saturated rings. The van der Waals surface area contributed by atoms with Gasteiger partial charge in [-0.1, -0.05) is 78.9 Å². The van der Waals surface area contributed by atoms with Crippen LogP contribution in [0, 0.1) is 5.92 Å². The number of rotatable bonds is 5. The number of hydrogen-bond acceptors (Lipinski definition) is 2. The first kappa shape index (κ1) is 18.8. The van der Waals surface area contributed by atoms with Gasteiger partial charge in [-0.3, -0.25) is 4.79 Å². The van der Waals surface area contributed by atoms with E-state index in [-0.39, 0.29) is 11.8 Å². The summed E-state index contributed by atoms with van der Waals surface area (Å²) in [6, 6.07) is 19.6. The van der Waals surface area contributed by atoms with Crippen LogP contribution in [0.5, 0.6) is 0 Å². The zero-order chi connectivity index (χ0) is 19.2. The highest BCUT2D eigenvalue weighted by Crippen LogP contribution is 2.27. The summed E-state index contributed by atoms with van der Waals surface area (Å²) >= 11 is 0. The molecule has 1 aliphatic carbocycles. The van der Waals surface area contributed by atoms with Crippen molar-refractivity contribution in [2.75, 3.05) is 0 Å². The van der Waals surface area contributed by atoms with Gasteiger partial charge in [0.15, 0.2) is 0 Å². The lowest BCUT2D eigenvalue weighted by Crippen LogP contribution is -2.28. The number of amides is 1. The van der Waals surface area contributed by atoms with Crippen LogP contribution in [0.25, 0.3) is 0 Å². The minimum atomic E-state index is -0.387. The molecule has 0 bridgehead atoms. The van der Waals surface area contributed by atoms with Crippen molar-refractivity contribution in [3.8, 4) is 0 Å². The molecule has 1 atom stereocenters. The van der Waals surface area contributed by atoms with E-state index in [9.17, 15) is 4.79 Å². The standard InChI is InChI=1S/C24H26N2O/c1-17(2)21-15-14-18(3)22(16-21)25-26-24(27)23(19-10-6-4-7-11-19)20-12-8-5-9-13-20/h4-14,21,23H,1,15-16H2,2-3H3,(H,26,27)/b25-22-. The van der Waals surface area contributed by atoms with E-state index in [1.165, 1.54) is 0 Å². The van der Waals surface area contributed by atoms with Crippen LogP contribution in [-0.4, -0.2) is 11.6 Å². The second kappa shape index (κ2) is 8.63. The molecule has 1 amide bonds. The highest BCUT2D eigenvalue weighted by molar-refractivity contribution is 6.01. The third kappa shape index (κ3) is 4.62. The van der Waals surface area contributed by atoms with Crippen molar-refractivity contribution in [3.05, 3.63) is 95.6 Å². The molecule has 0 heterocycles. The highest BCUT2D eigenvalue weighted by atomic mass is 16.2. The summed E-state index contributed by atoms with van der Waals surface area (Å²) < 4.78 is 0. The number of nitrogens with one attached hydrogen (secondary N) is 1. The van der Waals surface area contributed by atoms with Crippen LogP contribution in [-0.2, 0) is 4.79 Å². The van der Waals surface area contributed by atoms with Gasteiger partial charge in [0.05, 0.1) is 11.6 Å². The van der Waals surface area contributed by atoms with Crippen molar-refractivity contribution in [2.45, 2.75) is 32.6 Å². The first-order valence-corrected chi connectivity index (χ1v) is 9.35. The maximum atomic E-state index is 13.1. The Morgan fingerprint density at radius 3 is 2.15 bits per heavy atom. The Morgan fingerprint density at radius 2 is 1.63 bits per heavy atom. The second-order valence-electron chi connectivity index (χ2n) is 7.16. The first-order valence-electron chi connectivity index (χ1n) is 9.35. The van der Waals surface area contributed by atoms with Crippen LogP contribution in [0.15, 0.2) is 89.6 Å². The largest absolute Gasteiger partial charge is 0.272 e. The van der Waals surface area contributed by atoms with Gasteiger partial charge in [0, 0.05) is 0 Å². The lowest BCUT2D eigenvalue weighted by molar-refractivity contribution is -0.121. The summed E-state index contributed by atoms with van der Waals surface area (Å²) in [5.41, 5.74) is 7.95. The van der Waals surface area contributed by atoms with E-state index in [4.69, 9.17) is 0 Å². The molecule has 3 rings (SSSR count). The number of carbonyl (C=O) groups excluding carboxylic acids is 1. The normalized spacial score (nSPS) is 18.3. The number of benzene rings is 2. The quantitative estimate of drug-likeness (QED) is 0.577. The molecule has 0 spiro atoms. The van der Waals surface area contributed by atoms with Crippen LogP contribution in [0.3, 0.4) is 0 Å². The van der Waals surface area contributed by atoms with Crippen molar-refractivity contribution in [2.24, 2.45) is 11.0 Å². The van der Waals surface area contributed by atoms with Gasteiger partial charge in [0.1, 0.15) is 0 Å². The Balaban J connectivity index is 1.84. The maximum Gasteiger partial charge on any atom is 0.252 e. The van der Waals surface area contributed by atoms with Crippen molar-refractivity contribution in [3.63, 3.8) is 0 Å². The number of hydrazone groups is 1. The fourth-order valence-electron chi connectivity index (χ4n) is 3.40. The van der Waals surface area contributed by atoms with Crippen LogP contribution in [0.4, 0.5) is 0 Å². The van der Waals surface area contributed by atoms with E-state index in [1.807, 2.05) is 67.6 Å². The van der Waals surface area contributed by atoms with Gasteiger partial charge in [0.25, 0.3) is 5.91 Å². The van der Waals surface area contributed by atoms with Gasteiger partial charge < -0.3 is 0 Å². The second-order valence-corrected chi connectivity index (χ2v) is 7.16. The predicted molar refractivity (Wildman–Crippen MR) is 112 cm³/mol. The summed E-state index contributed by atoms with van der Waals surface area (Å²) in [6.07, 6.45) is 3.99. The fraction of sp³-hybridized carbons (Fsp3) is 0.250. The van der Waals surface area contributed by atoms with E-state index in [1.54, 1.807) is 0 Å². The van der Waals surface area contributed by atoms with E-state index in [0.29, 0.717) is 5.92 Å². The van der Waals surface area contributed by atoms with E-state index in [2.05, 4.69) is 30.1 Å². The number of allylic oxidation sites excluding steroid dienone is 3. The first-order chi connectivity index (χ1) is 13.1. The van der Waals surface area contributed by atoms with Gasteiger partial charge in [0.2, 0.25) is 0 Å². The molecule has 138 valence electrons. The molecule has 0 aromatic heterocycles. The predicted octanol–water partition coefficient (Wildman–Crippen LogP) is 5.22. The lowest BCUT2D eigenvalue weighted by Gasteiger charge is -2.23. The maximum absolute atomic E-state index is 13.1. The van der Waals surface area contributed by atoms with E-state index >= 15 is 0 Å². The SMILES string of the molecule is C=C(C)C1CC=C(C)/C(=N\NC(=O)C(c2ccccc2)c2ccccc2)C1. The Kier molecular flexibility index (Phi) is 6.02. The molecule has 1 aliphatic rings. The van der Waals surface area contributed by atoms with Crippen molar-refractivity contribution >= 4 is 11.6 Å². The molecule has 1 N–H and O–H groups in total. The van der Waals surface area contributed by atoms with Gasteiger partial charge in [-0.15, -0.1) is 0 Å². The summed E-state index contributed by atoms with van der Waals surface area (Å²) in [7, 11) is 0. The molecule has 27 heavy (non-hydrogen) atoms. The molecule has 0 saturated carbocycles. The van der Waals surface area contributed by atoms with Crippen LogP contribution in [0.2, 0.25) is 0 Å². The van der Waals surface area contributed by atoms with Crippen LogP contribution in [0.1, 0.15) is 43.7 Å². The Morgan fingerprint density at radius 1 is 1.07 bits per heavy atom. The highest BCUT2D eigenvalue weighted by Gasteiger charge is 2.23. The number of hydrogen-bond donors (Lipinski definition) is 1. The van der Waals surface area contributed by atoms with Gasteiger partial charge in [-0.05, 0) is 49.3 Å². The molecule has 3 nitrogen and oxygen atoms in total. The van der Waals surface area contributed by atoms with Gasteiger partial charge >= 0.3 is 0 Å². The molecule has 0 aliphatic heterocycles. The molecule has 0 saturated heterocycles. The van der Waals surface area contributed by atoms with E-state index in [0.717, 1.165) is 40.8 Å². The summed E-state index contributed by atoms with van der Waals surface area (Å²) in [4.78, 5) is 13.1. The molecule has 2 aromatic carbocycles. The van der Waals surface area contributed by atoms with Crippen molar-refractivity contribution < 1.29 is 4.79 Å². The lowest BCUT2D eigenvalue weighted by atomic mass is 9.85. The minimum Gasteiger partial charge on any atom is -0.272 e. The monoisotopic (exact) mass is 358 g/mol. The van der Waals surface area contributed by atoms with E-state index < -0.39 is 0 Å². The average molecular weight is 358 g/mol. The third-order valence-electron chi connectivity index (χ3n) is 5.13. The fourth-order valence-corrected chi connectivity index (χ4v) is 3.40. The molecular weight excluding hydrogens is 332 g/mol. The number of carbonyl (C=O) groups is 1. The Labute approximate surface area is 161 Å². The summed E-state index contributed by atoms with van der Waals surface area (Å²) in [5, 5.41) is 4.48. The summed E-state index contributed by atoms with van der Waals surface area (Å²) in [6.45, 7) is 8.17. The Bertz CT molecular complexity index is 826. The van der Waals surface area contributed by atoms with Crippen LogP contribution >= 0.6 is 0 Å². The van der Waals surface area contributed by atoms with Gasteiger partial charge in [-0.25, -0.2) is 5.43 Å². The average Bonchev–Trinajstić information content (AvgIpc) is 2.69. The molecule has 0 radical (unpaired) electrons. The molecule has 1 unspecified atom stereocenters. The van der Waals surface area contributed by atoms with Gasteiger partial charge in [-0.2, -0.15) is 5.10 Å².